The van der Waals surface area contributed by atoms with Crippen LogP contribution in [0.25, 0.3) is 0 Å². The fourth-order valence-electron chi connectivity index (χ4n) is 0.541. The van der Waals surface area contributed by atoms with Gasteiger partial charge in [-0.2, -0.15) is 5.38 Å². The summed E-state index contributed by atoms with van der Waals surface area (Å²) in [7, 11) is 0. The van der Waals surface area contributed by atoms with E-state index in [2.05, 4.69) is 31.2 Å². The molecule has 1 heterocycles. The molecule has 0 amide bonds. The van der Waals surface area contributed by atoms with Gasteiger partial charge < -0.3 is 6.07 Å². The average Bonchev–Trinajstić information content (AvgIpc) is 2.08. The molecule has 0 saturated heterocycles. The SMILES string of the molecule is CC(C)(C)c1[c-]csn1.[Rb+]. The monoisotopic (exact) mass is 225 g/mol. The van der Waals surface area contributed by atoms with Gasteiger partial charge in [-0.3, -0.25) is 0 Å². The van der Waals surface area contributed by atoms with Crippen molar-refractivity contribution in [3.63, 3.8) is 0 Å². The Bertz CT molecular complexity index is 176. The second-order valence-corrected chi connectivity index (χ2v) is 3.69. The first-order chi connectivity index (χ1) is 4.11. The molecule has 50 valence electrons. The van der Waals surface area contributed by atoms with Gasteiger partial charge in [0.1, 0.15) is 0 Å². The summed E-state index contributed by atoms with van der Waals surface area (Å²) in [6.45, 7) is 6.41. The maximum absolute atomic E-state index is 4.17. The van der Waals surface area contributed by atoms with E-state index >= 15 is 0 Å². The number of nitrogens with zero attached hydrogens (tertiary/aromatic N) is 1. The smallest absolute Gasteiger partial charge is 0.436 e. The van der Waals surface area contributed by atoms with E-state index in [0.29, 0.717) is 0 Å². The predicted octanol–water partition coefficient (Wildman–Crippen LogP) is -0.755. The largest absolute Gasteiger partial charge is 1.00 e. The standard InChI is InChI=1S/C7H10NS.Rb/c1-7(2,3)6-4-5-9-8-6;/h5H,1-3H3;/q-1;+1. The summed E-state index contributed by atoms with van der Waals surface area (Å²) in [4.78, 5) is 0. The second kappa shape index (κ2) is 4.46. The van der Waals surface area contributed by atoms with Crippen molar-refractivity contribution in [2.75, 3.05) is 0 Å². The number of hydrogen-bond acceptors (Lipinski definition) is 2. The zero-order valence-electron chi connectivity index (χ0n) is 6.93. The Kier molecular flexibility index (Phi) is 5.10. The topological polar surface area (TPSA) is 12.9 Å². The molecule has 0 spiro atoms. The minimum atomic E-state index is 0. The Morgan fingerprint density at radius 1 is 1.50 bits per heavy atom. The van der Waals surface area contributed by atoms with E-state index in [0.717, 1.165) is 5.69 Å². The van der Waals surface area contributed by atoms with Crippen molar-refractivity contribution in [1.29, 1.82) is 0 Å². The molecule has 1 aromatic heterocycles. The first-order valence-electron chi connectivity index (χ1n) is 2.93. The van der Waals surface area contributed by atoms with Crippen LogP contribution >= 0.6 is 11.5 Å². The molecule has 0 radical (unpaired) electrons. The molecule has 10 heavy (non-hydrogen) atoms. The molecule has 0 aliphatic heterocycles. The zero-order chi connectivity index (χ0) is 6.91. The van der Waals surface area contributed by atoms with Crippen LogP contribution < -0.4 is 58.2 Å². The van der Waals surface area contributed by atoms with E-state index in [1.165, 1.54) is 11.5 Å². The fraction of sp³-hybridized carbons (Fsp3) is 0.571. The summed E-state index contributed by atoms with van der Waals surface area (Å²) in [6, 6.07) is 3.08. The molecule has 0 unspecified atom stereocenters. The summed E-state index contributed by atoms with van der Waals surface area (Å²) in [5.41, 5.74) is 1.23. The molecule has 1 nitrogen and oxygen atoms in total. The molecule has 0 bridgehead atoms. The van der Waals surface area contributed by atoms with Gasteiger partial charge in [0.25, 0.3) is 0 Å². The van der Waals surface area contributed by atoms with Crippen LogP contribution in [0.4, 0.5) is 0 Å². The number of hydrogen-bond donors (Lipinski definition) is 0. The summed E-state index contributed by atoms with van der Waals surface area (Å²) < 4.78 is 4.17. The van der Waals surface area contributed by atoms with Crippen LogP contribution in [0.5, 0.6) is 0 Å². The molecule has 0 fully saturated rings. The molecule has 1 rings (SSSR count). The summed E-state index contributed by atoms with van der Waals surface area (Å²) in [5, 5.41) is 1.89. The summed E-state index contributed by atoms with van der Waals surface area (Å²) in [5.74, 6) is 0. The molecule has 0 aromatic carbocycles. The van der Waals surface area contributed by atoms with Crippen LogP contribution in [0, 0.1) is 6.07 Å². The molecule has 3 heteroatoms. The molecule has 0 atom stereocenters. The third-order valence-electron chi connectivity index (χ3n) is 1.10. The van der Waals surface area contributed by atoms with Crippen molar-refractivity contribution < 1.29 is 58.2 Å². The first kappa shape index (κ1) is 11.4. The third-order valence-corrected chi connectivity index (χ3v) is 1.61. The Morgan fingerprint density at radius 3 is 2.30 bits per heavy atom. The Hall–Kier alpha value is 1.44. The van der Waals surface area contributed by atoms with E-state index < -0.39 is 0 Å². The van der Waals surface area contributed by atoms with E-state index in [-0.39, 0.29) is 63.6 Å². The van der Waals surface area contributed by atoms with Gasteiger partial charge in [-0.15, -0.1) is 5.69 Å². The fourth-order valence-corrected chi connectivity index (χ4v) is 1.19. The van der Waals surface area contributed by atoms with E-state index in [9.17, 15) is 0 Å². The van der Waals surface area contributed by atoms with E-state index in [1.54, 1.807) is 0 Å². The van der Waals surface area contributed by atoms with Gasteiger partial charge in [0.15, 0.2) is 0 Å². The van der Waals surface area contributed by atoms with Crippen molar-refractivity contribution >= 4 is 11.5 Å². The van der Waals surface area contributed by atoms with Gasteiger partial charge in [-0.25, -0.2) is 4.37 Å². The van der Waals surface area contributed by atoms with Crippen LogP contribution in [0.2, 0.25) is 0 Å². The number of rotatable bonds is 0. The van der Waals surface area contributed by atoms with Gasteiger partial charge in [0.05, 0.1) is 0 Å². The van der Waals surface area contributed by atoms with Crippen LogP contribution in [-0.4, -0.2) is 4.37 Å². The molecular weight excluding hydrogens is 216 g/mol. The molecule has 1 aromatic rings. The van der Waals surface area contributed by atoms with Crippen molar-refractivity contribution in [2.45, 2.75) is 26.2 Å². The van der Waals surface area contributed by atoms with Gasteiger partial charge in [0, 0.05) is 0 Å². The maximum Gasteiger partial charge on any atom is 1.00 e. The molecule has 0 saturated carbocycles. The first-order valence-corrected chi connectivity index (χ1v) is 3.77. The predicted molar refractivity (Wildman–Crippen MR) is 39.7 cm³/mol. The van der Waals surface area contributed by atoms with E-state index in [4.69, 9.17) is 0 Å². The van der Waals surface area contributed by atoms with Crippen LogP contribution in [-0.2, 0) is 5.41 Å². The minimum absolute atomic E-state index is 0. The maximum atomic E-state index is 4.17. The van der Waals surface area contributed by atoms with Crippen LogP contribution in [0.3, 0.4) is 0 Å². The van der Waals surface area contributed by atoms with Gasteiger partial charge in [-0.1, -0.05) is 32.3 Å². The van der Waals surface area contributed by atoms with Crippen LogP contribution in [0.15, 0.2) is 5.38 Å². The Labute approximate surface area is 115 Å². The molecule has 0 N–H and O–H groups in total. The van der Waals surface area contributed by atoms with Gasteiger partial charge >= 0.3 is 58.2 Å². The minimum Gasteiger partial charge on any atom is -0.436 e. The van der Waals surface area contributed by atoms with Crippen molar-refractivity contribution in [1.82, 2.24) is 4.37 Å². The third kappa shape index (κ3) is 3.22. The molecule has 0 aliphatic carbocycles. The average molecular weight is 226 g/mol. The normalized spacial score (nSPS) is 10.7. The van der Waals surface area contributed by atoms with Crippen LogP contribution in [0.1, 0.15) is 26.5 Å². The van der Waals surface area contributed by atoms with Gasteiger partial charge in [0.2, 0.25) is 0 Å². The Morgan fingerprint density at radius 2 is 2.10 bits per heavy atom. The zero-order valence-corrected chi connectivity index (χ0v) is 12.7. The summed E-state index contributed by atoms with van der Waals surface area (Å²) >= 11 is 1.46. The molecule has 0 aliphatic rings. The quantitative estimate of drug-likeness (QED) is 0.530. The Balaban J connectivity index is 0.000000810. The van der Waals surface area contributed by atoms with Crippen molar-refractivity contribution in [2.24, 2.45) is 0 Å². The van der Waals surface area contributed by atoms with Gasteiger partial charge in [-0.05, 0) is 5.41 Å². The van der Waals surface area contributed by atoms with Crippen molar-refractivity contribution in [3.8, 4) is 0 Å². The molecular formula is C7H10NRbS. The van der Waals surface area contributed by atoms with E-state index in [1.807, 2.05) is 5.38 Å². The summed E-state index contributed by atoms with van der Waals surface area (Å²) in [6.07, 6.45) is 0. The van der Waals surface area contributed by atoms with Crippen molar-refractivity contribution in [3.05, 3.63) is 17.1 Å². The number of aromatic nitrogens is 1. The second-order valence-electron chi connectivity index (χ2n) is 3.06.